The lowest BCUT2D eigenvalue weighted by atomic mass is 9.94. The molecule has 1 aromatic rings. The molecule has 1 heterocycles. The first kappa shape index (κ1) is 16.1. The molecule has 0 unspecified atom stereocenters. The van der Waals surface area contributed by atoms with Gasteiger partial charge < -0.3 is 14.7 Å². The molecule has 0 bridgehead atoms. The van der Waals surface area contributed by atoms with Crippen molar-refractivity contribution >= 4 is 5.91 Å². The van der Waals surface area contributed by atoms with Gasteiger partial charge in [0.2, 0.25) is 5.91 Å². The molecule has 1 saturated carbocycles. The number of hydrogen-bond acceptors (Lipinski definition) is 3. The largest absolute Gasteiger partial charge is 0.497 e. The number of ether oxygens (including phenoxy) is 1. The number of rotatable bonds is 3. The van der Waals surface area contributed by atoms with Gasteiger partial charge in [-0.2, -0.15) is 0 Å². The maximum absolute atomic E-state index is 12.7. The summed E-state index contributed by atoms with van der Waals surface area (Å²) < 4.78 is 5.28. The molecule has 1 amide bonds. The Morgan fingerprint density at radius 3 is 2.83 bits per heavy atom. The average Bonchev–Trinajstić information content (AvgIpc) is 2.98. The van der Waals surface area contributed by atoms with E-state index in [-0.39, 0.29) is 11.9 Å². The van der Waals surface area contributed by atoms with Crippen LogP contribution in [0.15, 0.2) is 35.9 Å². The fraction of sp³-hybridized carbons (Fsp3) is 0.526. The van der Waals surface area contributed by atoms with Crippen molar-refractivity contribution in [2.24, 2.45) is 0 Å². The van der Waals surface area contributed by atoms with Gasteiger partial charge in [-0.15, -0.1) is 0 Å². The molecule has 0 aromatic heterocycles. The van der Waals surface area contributed by atoms with Crippen molar-refractivity contribution in [1.29, 1.82) is 0 Å². The van der Waals surface area contributed by atoms with Crippen LogP contribution < -0.4 is 4.74 Å². The highest BCUT2D eigenvalue weighted by Crippen LogP contribution is 2.34. The SMILES string of the molecule is COc1cccc([C@H]2C[C@@H](O)CN2C(=O)C=C2CCCCC2)c1. The summed E-state index contributed by atoms with van der Waals surface area (Å²) in [6, 6.07) is 7.70. The number of methoxy groups -OCH3 is 1. The smallest absolute Gasteiger partial charge is 0.247 e. The maximum Gasteiger partial charge on any atom is 0.247 e. The van der Waals surface area contributed by atoms with E-state index in [0.29, 0.717) is 13.0 Å². The van der Waals surface area contributed by atoms with E-state index in [2.05, 4.69) is 0 Å². The normalized spacial score (nSPS) is 24.6. The highest BCUT2D eigenvalue weighted by Gasteiger charge is 2.34. The van der Waals surface area contributed by atoms with Gasteiger partial charge in [0.15, 0.2) is 0 Å². The van der Waals surface area contributed by atoms with Crippen LogP contribution in [0.25, 0.3) is 0 Å². The Kier molecular flexibility index (Phi) is 5.01. The summed E-state index contributed by atoms with van der Waals surface area (Å²) in [6.07, 6.45) is 7.63. The Morgan fingerprint density at radius 2 is 2.09 bits per heavy atom. The number of β-amino-alcohol motifs (C(OH)–C–C–N with tert-alkyl or cyclic N) is 1. The number of carbonyl (C=O) groups is 1. The maximum atomic E-state index is 12.7. The van der Waals surface area contributed by atoms with Gasteiger partial charge in [0, 0.05) is 12.6 Å². The molecular weight excluding hydrogens is 290 g/mol. The zero-order valence-corrected chi connectivity index (χ0v) is 13.7. The van der Waals surface area contributed by atoms with Crippen molar-refractivity contribution in [3.05, 3.63) is 41.5 Å². The summed E-state index contributed by atoms with van der Waals surface area (Å²) >= 11 is 0. The first-order valence-electron chi connectivity index (χ1n) is 8.49. The van der Waals surface area contributed by atoms with Gasteiger partial charge in [0.05, 0.1) is 19.3 Å². The summed E-state index contributed by atoms with van der Waals surface area (Å²) in [5.74, 6) is 0.813. The first-order valence-corrected chi connectivity index (χ1v) is 8.49. The van der Waals surface area contributed by atoms with Crippen LogP contribution in [-0.2, 0) is 4.79 Å². The van der Waals surface area contributed by atoms with Crippen LogP contribution in [0, 0.1) is 0 Å². The van der Waals surface area contributed by atoms with Crippen molar-refractivity contribution in [1.82, 2.24) is 4.90 Å². The van der Waals surface area contributed by atoms with Crippen LogP contribution in [0.5, 0.6) is 5.75 Å². The van der Waals surface area contributed by atoms with Crippen LogP contribution in [0.1, 0.15) is 50.1 Å². The lowest BCUT2D eigenvalue weighted by Gasteiger charge is -2.25. The summed E-state index contributed by atoms with van der Waals surface area (Å²) in [4.78, 5) is 14.5. The van der Waals surface area contributed by atoms with Crippen LogP contribution in [-0.4, -0.2) is 35.7 Å². The van der Waals surface area contributed by atoms with Gasteiger partial charge in [0.1, 0.15) is 5.75 Å². The van der Waals surface area contributed by atoms with Crippen LogP contribution in [0.2, 0.25) is 0 Å². The minimum Gasteiger partial charge on any atom is -0.497 e. The summed E-state index contributed by atoms with van der Waals surface area (Å²) in [5, 5.41) is 10.1. The Balaban J connectivity index is 1.80. The van der Waals surface area contributed by atoms with Crippen LogP contribution in [0.4, 0.5) is 0 Å². The second kappa shape index (κ2) is 7.18. The number of hydrogen-bond donors (Lipinski definition) is 1. The second-order valence-corrected chi connectivity index (χ2v) is 6.54. The van der Waals surface area contributed by atoms with Crippen molar-refractivity contribution < 1.29 is 14.6 Å². The molecule has 3 rings (SSSR count). The molecule has 23 heavy (non-hydrogen) atoms. The molecule has 2 fully saturated rings. The second-order valence-electron chi connectivity index (χ2n) is 6.54. The fourth-order valence-corrected chi connectivity index (χ4v) is 3.63. The molecule has 2 atom stereocenters. The number of aliphatic hydroxyl groups excluding tert-OH is 1. The van der Waals surface area contributed by atoms with Gasteiger partial charge in [-0.3, -0.25) is 4.79 Å². The minimum atomic E-state index is -0.458. The standard InChI is InChI=1S/C19H25NO3/c1-23-17-9-5-8-15(11-17)18-12-16(21)13-20(18)19(22)10-14-6-3-2-4-7-14/h5,8-11,16,18,21H,2-4,6-7,12-13H2,1H3/t16-,18-/m1/s1. The van der Waals surface area contributed by atoms with E-state index in [1.54, 1.807) is 12.0 Å². The number of benzene rings is 1. The summed E-state index contributed by atoms with van der Waals surface area (Å²) in [7, 11) is 1.64. The predicted octanol–water partition coefficient (Wildman–Crippen LogP) is 3.22. The lowest BCUT2D eigenvalue weighted by molar-refractivity contribution is -0.127. The third kappa shape index (κ3) is 3.75. The average molecular weight is 315 g/mol. The van der Waals surface area contributed by atoms with Gasteiger partial charge in [0.25, 0.3) is 0 Å². The van der Waals surface area contributed by atoms with Crippen LogP contribution in [0.3, 0.4) is 0 Å². The third-order valence-electron chi connectivity index (χ3n) is 4.86. The molecule has 1 N–H and O–H groups in total. The first-order chi connectivity index (χ1) is 11.2. The van der Waals surface area contributed by atoms with E-state index >= 15 is 0 Å². The van der Waals surface area contributed by atoms with E-state index in [4.69, 9.17) is 4.74 Å². The van der Waals surface area contributed by atoms with Gasteiger partial charge in [-0.1, -0.05) is 24.1 Å². The van der Waals surface area contributed by atoms with E-state index < -0.39 is 6.10 Å². The summed E-state index contributed by atoms with van der Waals surface area (Å²) in [6.45, 7) is 0.407. The zero-order chi connectivity index (χ0) is 16.2. The van der Waals surface area contributed by atoms with E-state index in [1.807, 2.05) is 30.3 Å². The highest BCUT2D eigenvalue weighted by molar-refractivity contribution is 5.89. The molecule has 124 valence electrons. The Labute approximate surface area is 137 Å². The Bertz CT molecular complexity index is 588. The van der Waals surface area contributed by atoms with Gasteiger partial charge >= 0.3 is 0 Å². The number of aliphatic hydroxyl groups is 1. The van der Waals surface area contributed by atoms with E-state index in [0.717, 1.165) is 24.2 Å². The number of carbonyl (C=O) groups excluding carboxylic acids is 1. The number of nitrogens with zero attached hydrogens (tertiary/aromatic N) is 1. The molecule has 1 aromatic carbocycles. The molecular formula is C19H25NO3. The van der Waals surface area contributed by atoms with Crippen LogP contribution >= 0.6 is 0 Å². The predicted molar refractivity (Wildman–Crippen MR) is 89.2 cm³/mol. The molecule has 0 spiro atoms. The monoisotopic (exact) mass is 315 g/mol. The van der Waals surface area contributed by atoms with Gasteiger partial charge in [-0.25, -0.2) is 0 Å². The molecule has 1 saturated heterocycles. The van der Waals surface area contributed by atoms with Crippen molar-refractivity contribution in [2.45, 2.75) is 50.7 Å². The summed E-state index contributed by atoms with van der Waals surface area (Å²) in [5.41, 5.74) is 2.28. The number of amides is 1. The lowest BCUT2D eigenvalue weighted by Crippen LogP contribution is -2.30. The van der Waals surface area contributed by atoms with Crippen molar-refractivity contribution in [2.75, 3.05) is 13.7 Å². The molecule has 0 radical (unpaired) electrons. The zero-order valence-electron chi connectivity index (χ0n) is 13.7. The molecule has 4 nitrogen and oxygen atoms in total. The highest BCUT2D eigenvalue weighted by atomic mass is 16.5. The van der Waals surface area contributed by atoms with Crippen molar-refractivity contribution in [3.8, 4) is 5.75 Å². The molecule has 1 aliphatic heterocycles. The molecule has 1 aliphatic carbocycles. The number of likely N-dealkylation sites (tertiary alicyclic amines) is 1. The third-order valence-corrected chi connectivity index (χ3v) is 4.86. The number of allylic oxidation sites excluding steroid dienone is 1. The quantitative estimate of drug-likeness (QED) is 0.871. The van der Waals surface area contributed by atoms with E-state index in [1.165, 1.54) is 24.8 Å². The Hall–Kier alpha value is -1.81. The topological polar surface area (TPSA) is 49.8 Å². The van der Waals surface area contributed by atoms with E-state index in [9.17, 15) is 9.90 Å². The molecule has 4 heteroatoms. The van der Waals surface area contributed by atoms with Gasteiger partial charge in [-0.05, 0) is 49.8 Å². The minimum absolute atomic E-state index is 0.0336. The van der Waals surface area contributed by atoms with Crippen molar-refractivity contribution in [3.63, 3.8) is 0 Å². The fourth-order valence-electron chi connectivity index (χ4n) is 3.63. The Morgan fingerprint density at radius 1 is 1.30 bits per heavy atom. The molecule has 2 aliphatic rings.